The number of halogens is 1. The molecule has 0 fully saturated rings. The second-order valence-corrected chi connectivity index (χ2v) is 6.65. The van der Waals surface area contributed by atoms with Crippen molar-refractivity contribution in [3.05, 3.63) is 71.4 Å². The molecule has 8 heteroatoms. The maximum Gasteiger partial charge on any atom is 0.357 e. The molecule has 148 valence electrons. The van der Waals surface area contributed by atoms with Gasteiger partial charge in [-0.1, -0.05) is 48.0 Å². The van der Waals surface area contributed by atoms with Gasteiger partial charge in [-0.2, -0.15) is 0 Å². The van der Waals surface area contributed by atoms with Crippen LogP contribution in [-0.2, 0) is 14.3 Å². The maximum atomic E-state index is 12.2. The number of hydrogen-bond donors (Lipinski definition) is 1. The highest BCUT2D eigenvalue weighted by Gasteiger charge is 2.17. The third-order valence-electron chi connectivity index (χ3n) is 4.09. The molecular weight excluding hydrogens is 394 g/mol. The minimum absolute atomic E-state index is 0.107. The van der Waals surface area contributed by atoms with Crippen molar-refractivity contribution >= 4 is 46.0 Å². The quantitative estimate of drug-likeness (QED) is 0.629. The highest BCUT2D eigenvalue weighted by molar-refractivity contribution is 6.33. The molecular formula is C21H18ClN3O4. The van der Waals surface area contributed by atoms with Crippen molar-refractivity contribution in [2.75, 3.05) is 25.5 Å². The molecule has 3 aromatic rings. The van der Waals surface area contributed by atoms with Gasteiger partial charge in [0.25, 0.3) is 5.91 Å². The van der Waals surface area contributed by atoms with Crippen LogP contribution in [0.4, 0.5) is 5.69 Å². The maximum absolute atomic E-state index is 12.2. The lowest BCUT2D eigenvalue weighted by atomic mass is 10.2. The summed E-state index contributed by atoms with van der Waals surface area (Å²) in [6, 6.07) is 17.4. The van der Waals surface area contributed by atoms with E-state index in [1.807, 2.05) is 18.2 Å². The van der Waals surface area contributed by atoms with E-state index in [9.17, 15) is 14.4 Å². The summed E-state index contributed by atoms with van der Waals surface area (Å²) in [5.74, 6) is -1.65. The van der Waals surface area contributed by atoms with Crippen LogP contribution < -0.4 is 5.32 Å². The molecule has 2 amide bonds. The smallest absolute Gasteiger partial charge is 0.357 e. The van der Waals surface area contributed by atoms with E-state index in [0.717, 1.165) is 10.3 Å². The molecule has 0 atom stereocenters. The first-order valence-corrected chi connectivity index (χ1v) is 9.13. The van der Waals surface area contributed by atoms with Crippen LogP contribution in [0.3, 0.4) is 0 Å². The van der Waals surface area contributed by atoms with E-state index in [0.29, 0.717) is 16.2 Å². The minimum Gasteiger partial charge on any atom is -0.451 e. The van der Waals surface area contributed by atoms with Crippen LogP contribution in [0, 0.1) is 0 Å². The van der Waals surface area contributed by atoms with Gasteiger partial charge in [-0.3, -0.25) is 9.59 Å². The SMILES string of the molecule is CN(CC(=O)Nc1ccccc1Cl)C(=O)COC(=O)c1ccc2ccccc2n1. The Hall–Kier alpha value is -3.45. The summed E-state index contributed by atoms with van der Waals surface area (Å²) < 4.78 is 5.03. The molecule has 0 spiro atoms. The van der Waals surface area contributed by atoms with Crippen molar-refractivity contribution < 1.29 is 19.1 Å². The number of fused-ring (bicyclic) bond motifs is 1. The molecule has 7 nitrogen and oxygen atoms in total. The molecule has 0 aliphatic heterocycles. The van der Waals surface area contributed by atoms with Crippen LogP contribution in [-0.4, -0.2) is 47.9 Å². The van der Waals surface area contributed by atoms with Gasteiger partial charge in [0, 0.05) is 12.4 Å². The van der Waals surface area contributed by atoms with Crippen molar-refractivity contribution in [1.29, 1.82) is 0 Å². The normalized spacial score (nSPS) is 10.4. The largest absolute Gasteiger partial charge is 0.451 e. The fraction of sp³-hybridized carbons (Fsp3) is 0.143. The van der Waals surface area contributed by atoms with E-state index in [2.05, 4.69) is 10.3 Å². The van der Waals surface area contributed by atoms with Gasteiger partial charge in [0.1, 0.15) is 5.69 Å². The van der Waals surface area contributed by atoms with E-state index < -0.39 is 24.4 Å². The molecule has 0 aliphatic rings. The van der Waals surface area contributed by atoms with Crippen molar-refractivity contribution in [3.8, 4) is 0 Å². The predicted octanol–water partition coefficient (Wildman–Crippen LogP) is 3.14. The third kappa shape index (κ3) is 5.30. The highest BCUT2D eigenvalue weighted by atomic mass is 35.5. The number of anilines is 1. The lowest BCUT2D eigenvalue weighted by Gasteiger charge is -2.17. The van der Waals surface area contributed by atoms with E-state index in [4.69, 9.17) is 16.3 Å². The molecule has 0 radical (unpaired) electrons. The molecule has 29 heavy (non-hydrogen) atoms. The van der Waals surface area contributed by atoms with Gasteiger partial charge in [-0.25, -0.2) is 9.78 Å². The monoisotopic (exact) mass is 411 g/mol. The zero-order chi connectivity index (χ0) is 20.8. The molecule has 0 saturated carbocycles. The van der Waals surface area contributed by atoms with Crippen LogP contribution in [0.5, 0.6) is 0 Å². The first-order valence-electron chi connectivity index (χ1n) is 8.75. The first-order chi connectivity index (χ1) is 13.9. The van der Waals surface area contributed by atoms with E-state index in [1.54, 1.807) is 36.4 Å². The molecule has 0 unspecified atom stereocenters. The Bertz CT molecular complexity index is 1070. The number of likely N-dealkylation sites (N-methyl/N-ethyl adjacent to an activating group) is 1. The number of amides is 2. The predicted molar refractivity (Wildman–Crippen MR) is 110 cm³/mol. The Morgan fingerprint density at radius 2 is 1.76 bits per heavy atom. The first kappa shape index (κ1) is 20.3. The standard InChI is InChI=1S/C21H18ClN3O4/c1-25(12-19(26)24-17-9-5-3-7-15(17)22)20(27)13-29-21(28)18-11-10-14-6-2-4-8-16(14)23-18/h2-11H,12-13H2,1H3,(H,24,26). The van der Waals surface area contributed by atoms with Gasteiger partial charge in [0.2, 0.25) is 5.91 Å². The molecule has 3 rings (SSSR count). The summed E-state index contributed by atoms with van der Waals surface area (Å²) in [6.07, 6.45) is 0. The zero-order valence-corrected chi connectivity index (χ0v) is 16.3. The number of para-hydroxylation sites is 2. The average Bonchev–Trinajstić information content (AvgIpc) is 2.73. The van der Waals surface area contributed by atoms with E-state index in [-0.39, 0.29) is 12.2 Å². The molecule has 0 aliphatic carbocycles. The van der Waals surface area contributed by atoms with Gasteiger partial charge >= 0.3 is 5.97 Å². The summed E-state index contributed by atoms with van der Waals surface area (Å²) in [5, 5.41) is 3.91. The van der Waals surface area contributed by atoms with Gasteiger partial charge in [0.15, 0.2) is 6.61 Å². The van der Waals surface area contributed by atoms with Crippen molar-refractivity contribution in [1.82, 2.24) is 9.88 Å². The average molecular weight is 412 g/mol. The lowest BCUT2D eigenvalue weighted by molar-refractivity contribution is -0.136. The number of aromatic nitrogens is 1. The molecule has 0 bridgehead atoms. The van der Waals surface area contributed by atoms with Crippen LogP contribution in [0.25, 0.3) is 10.9 Å². The number of rotatable bonds is 6. The number of nitrogens with zero attached hydrogens (tertiary/aromatic N) is 2. The number of esters is 1. The number of ether oxygens (including phenoxy) is 1. The number of nitrogens with one attached hydrogen (secondary N) is 1. The van der Waals surface area contributed by atoms with Crippen LogP contribution in [0.1, 0.15) is 10.5 Å². The summed E-state index contributed by atoms with van der Waals surface area (Å²) in [6.45, 7) is -0.709. The summed E-state index contributed by atoms with van der Waals surface area (Å²) in [4.78, 5) is 41.8. The van der Waals surface area contributed by atoms with E-state index in [1.165, 1.54) is 13.1 Å². The van der Waals surface area contributed by atoms with Gasteiger partial charge in [-0.05, 0) is 24.3 Å². The number of hydrogen-bond acceptors (Lipinski definition) is 5. The highest BCUT2D eigenvalue weighted by Crippen LogP contribution is 2.20. The Morgan fingerprint density at radius 3 is 2.55 bits per heavy atom. The van der Waals surface area contributed by atoms with Crippen LogP contribution in [0.15, 0.2) is 60.7 Å². The Morgan fingerprint density at radius 1 is 1.03 bits per heavy atom. The van der Waals surface area contributed by atoms with Crippen molar-refractivity contribution in [2.45, 2.75) is 0 Å². The molecule has 1 N–H and O–H groups in total. The van der Waals surface area contributed by atoms with Crippen LogP contribution in [0.2, 0.25) is 5.02 Å². The second kappa shape index (κ2) is 9.16. The fourth-order valence-corrected chi connectivity index (χ4v) is 2.73. The minimum atomic E-state index is -0.710. The Kier molecular flexibility index (Phi) is 6.41. The van der Waals surface area contributed by atoms with E-state index >= 15 is 0 Å². The van der Waals surface area contributed by atoms with Gasteiger partial charge < -0.3 is 15.0 Å². The Balaban J connectivity index is 1.51. The molecule has 1 aromatic heterocycles. The summed E-state index contributed by atoms with van der Waals surface area (Å²) in [7, 11) is 1.44. The third-order valence-corrected chi connectivity index (χ3v) is 4.42. The Labute approximate surface area is 172 Å². The topological polar surface area (TPSA) is 88.6 Å². The lowest BCUT2D eigenvalue weighted by Crippen LogP contribution is -2.37. The van der Waals surface area contributed by atoms with Crippen molar-refractivity contribution in [2.24, 2.45) is 0 Å². The summed E-state index contributed by atoms with van der Waals surface area (Å²) >= 11 is 5.99. The van der Waals surface area contributed by atoms with Crippen molar-refractivity contribution in [3.63, 3.8) is 0 Å². The number of carbonyl (C=O) groups is 3. The number of pyridine rings is 1. The fourth-order valence-electron chi connectivity index (χ4n) is 2.55. The number of benzene rings is 2. The second-order valence-electron chi connectivity index (χ2n) is 6.24. The zero-order valence-electron chi connectivity index (χ0n) is 15.6. The molecule has 1 heterocycles. The molecule has 2 aromatic carbocycles. The van der Waals surface area contributed by atoms with Crippen LogP contribution >= 0.6 is 11.6 Å². The summed E-state index contributed by atoms with van der Waals surface area (Å²) in [5.41, 5.74) is 1.21. The van der Waals surface area contributed by atoms with Gasteiger partial charge in [0.05, 0.1) is 22.8 Å². The molecule has 0 saturated heterocycles. The number of carbonyl (C=O) groups excluding carboxylic acids is 3. The van der Waals surface area contributed by atoms with Gasteiger partial charge in [-0.15, -0.1) is 0 Å².